The number of aliphatic imine (C=N–C) groups is 1. The minimum atomic E-state index is 0.0858. The van der Waals surface area contributed by atoms with Crippen molar-refractivity contribution in [2.75, 3.05) is 0 Å². The van der Waals surface area contributed by atoms with Gasteiger partial charge in [-0.05, 0) is 30.3 Å². The zero-order valence-electron chi connectivity index (χ0n) is 13.4. The van der Waals surface area contributed by atoms with E-state index < -0.39 is 0 Å². The van der Waals surface area contributed by atoms with Crippen molar-refractivity contribution in [2.45, 2.75) is 0 Å². The monoisotopic (exact) mass is 344 g/mol. The number of aromatic hydroxyl groups is 1. The van der Waals surface area contributed by atoms with E-state index in [0.29, 0.717) is 28.2 Å². The summed E-state index contributed by atoms with van der Waals surface area (Å²) in [5.41, 5.74) is 1.92. The molecule has 0 aliphatic heterocycles. The summed E-state index contributed by atoms with van der Waals surface area (Å²) >= 11 is 0. The van der Waals surface area contributed by atoms with Crippen LogP contribution in [0.1, 0.15) is 11.1 Å². The molecule has 0 fully saturated rings. The lowest BCUT2D eigenvalue weighted by molar-refractivity contribution is 0.474. The van der Waals surface area contributed by atoms with E-state index >= 15 is 0 Å². The molecule has 4 rings (SSSR count). The van der Waals surface area contributed by atoms with Gasteiger partial charge in [0.25, 0.3) is 0 Å². The average Bonchev–Trinajstić information content (AvgIpc) is 3.39. The quantitative estimate of drug-likeness (QED) is 0.518. The summed E-state index contributed by atoms with van der Waals surface area (Å²) < 4.78 is 16.4. The predicted octanol–water partition coefficient (Wildman–Crippen LogP) is 5.13. The van der Waals surface area contributed by atoms with Gasteiger partial charge in [-0.2, -0.15) is 5.26 Å². The molecule has 0 saturated carbocycles. The fraction of sp³-hybridized carbons (Fsp3) is 0. The number of phenols is 1. The first-order chi connectivity index (χ1) is 12.8. The van der Waals surface area contributed by atoms with Crippen molar-refractivity contribution in [1.29, 1.82) is 5.26 Å². The molecule has 1 aromatic carbocycles. The van der Waals surface area contributed by atoms with Gasteiger partial charge in [-0.25, -0.2) is 4.99 Å². The van der Waals surface area contributed by atoms with Crippen LogP contribution in [0.2, 0.25) is 0 Å². The Morgan fingerprint density at radius 1 is 1.08 bits per heavy atom. The van der Waals surface area contributed by atoms with Gasteiger partial charge in [0.2, 0.25) is 5.88 Å². The van der Waals surface area contributed by atoms with Crippen LogP contribution in [0.3, 0.4) is 0 Å². The first-order valence-corrected chi connectivity index (χ1v) is 7.73. The summed E-state index contributed by atoms with van der Waals surface area (Å²) in [6.45, 7) is 0. The Morgan fingerprint density at radius 2 is 1.96 bits per heavy atom. The molecule has 1 N–H and O–H groups in total. The molecule has 0 aliphatic rings. The fourth-order valence-electron chi connectivity index (χ4n) is 2.59. The molecule has 3 aromatic heterocycles. The Hall–Kier alpha value is -3.98. The third kappa shape index (κ3) is 2.68. The lowest BCUT2D eigenvalue weighted by atomic mass is 10.1. The number of para-hydroxylation sites is 1. The van der Waals surface area contributed by atoms with Crippen LogP contribution < -0.4 is 0 Å². The third-order valence-corrected chi connectivity index (χ3v) is 3.81. The molecule has 4 aromatic rings. The molecule has 0 unspecified atom stereocenters. The summed E-state index contributed by atoms with van der Waals surface area (Å²) in [6.07, 6.45) is 6.00. The molecule has 0 atom stereocenters. The van der Waals surface area contributed by atoms with Gasteiger partial charge in [0.15, 0.2) is 5.76 Å². The maximum Gasteiger partial charge on any atom is 0.238 e. The number of hydrogen-bond donors (Lipinski definition) is 1. The first kappa shape index (κ1) is 15.5. The molecular formula is C20H12N2O4. The van der Waals surface area contributed by atoms with Crippen molar-refractivity contribution < 1.29 is 18.4 Å². The van der Waals surface area contributed by atoms with Crippen LogP contribution in [-0.2, 0) is 0 Å². The molecule has 0 spiro atoms. The molecule has 26 heavy (non-hydrogen) atoms. The molecule has 126 valence electrons. The van der Waals surface area contributed by atoms with Crippen molar-refractivity contribution in [2.24, 2.45) is 4.99 Å². The Bertz CT molecular complexity index is 1100. The smallest absolute Gasteiger partial charge is 0.238 e. The average molecular weight is 344 g/mol. The number of nitriles is 1. The molecule has 0 aliphatic carbocycles. The van der Waals surface area contributed by atoms with E-state index in [1.165, 1.54) is 25.0 Å². The first-order valence-electron chi connectivity index (χ1n) is 7.73. The summed E-state index contributed by atoms with van der Waals surface area (Å²) in [7, 11) is 0. The van der Waals surface area contributed by atoms with E-state index in [2.05, 4.69) is 11.1 Å². The third-order valence-electron chi connectivity index (χ3n) is 3.81. The van der Waals surface area contributed by atoms with Gasteiger partial charge < -0.3 is 18.4 Å². The normalized spacial score (nSPS) is 11.0. The van der Waals surface area contributed by atoms with Gasteiger partial charge >= 0.3 is 0 Å². The highest BCUT2D eigenvalue weighted by atomic mass is 16.4. The van der Waals surface area contributed by atoms with E-state index in [9.17, 15) is 10.4 Å². The van der Waals surface area contributed by atoms with Crippen molar-refractivity contribution in [3.63, 3.8) is 0 Å². The van der Waals surface area contributed by atoms with Crippen LogP contribution >= 0.6 is 0 Å². The van der Waals surface area contributed by atoms with E-state index in [0.717, 1.165) is 0 Å². The van der Waals surface area contributed by atoms with E-state index in [1.807, 2.05) is 0 Å². The Labute approximate surface area is 148 Å². The Balaban J connectivity index is 1.87. The van der Waals surface area contributed by atoms with Crippen LogP contribution in [0.15, 0.2) is 79.5 Å². The van der Waals surface area contributed by atoms with Crippen molar-refractivity contribution in [3.05, 3.63) is 72.4 Å². The van der Waals surface area contributed by atoms with Gasteiger partial charge in [0.1, 0.15) is 29.4 Å². The molecule has 6 heteroatoms. The number of nitrogens with zero attached hydrogens (tertiary/aromatic N) is 2. The van der Waals surface area contributed by atoms with Crippen molar-refractivity contribution >= 4 is 12.1 Å². The summed E-state index contributed by atoms with van der Waals surface area (Å²) in [4.78, 5) is 4.26. The highest BCUT2D eigenvalue weighted by Crippen LogP contribution is 2.42. The van der Waals surface area contributed by atoms with Gasteiger partial charge in [0.05, 0.1) is 23.7 Å². The lowest BCUT2D eigenvalue weighted by Crippen LogP contribution is -1.82. The van der Waals surface area contributed by atoms with Crippen LogP contribution in [0.25, 0.3) is 22.6 Å². The van der Waals surface area contributed by atoms with Crippen LogP contribution in [0, 0.1) is 11.3 Å². The fourth-order valence-corrected chi connectivity index (χ4v) is 2.59. The van der Waals surface area contributed by atoms with E-state index in [-0.39, 0.29) is 17.2 Å². The largest absolute Gasteiger partial charge is 0.507 e. The van der Waals surface area contributed by atoms with Crippen LogP contribution in [-0.4, -0.2) is 11.3 Å². The number of benzene rings is 1. The van der Waals surface area contributed by atoms with E-state index in [4.69, 9.17) is 13.3 Å². The minimum Gasteiger partial charge on any atom is -0.507 e. The Morgan fingerprint density at radius 3 is 2.65 bits per heavy atom. The number of phenolic OH excluding ortho intramolecular Hbond substituents is 1. The summed E-state index contributed by atoms with van der Waals surface area (Å²) in [6, 6.07) is 14.1. The second-order valence-corrected chi connectivity index (χ2v) is 5.40. The SMILES string of the molecule is N#Cc1c(N=Cc2ccccc2O)oc(-c2ccoc2)c1-c1ccco1. The van der Waals surface area contributed by atoms with Gasteiger partial charge in [-0.1, -0.05) is 12.1 Å². The summed E-state index contributed by atoms with van der Waals surface area (Å²) in [5, 5.41) is 19.5. The van der Waals surface area contributed by atoms with Gasteiger partial charge in [-0.15, -0.1) is 0 Å². The maximum absolute atomic E-state index is 9.86. The zero-order chi connectivity index (χ0) is 17.9. The molecule has 0 saturated heterocycles. The topological polar surface area (TPSA) is 95.8 Å². The van der Waals surface area contributed by atoms with Crippen molar-refractivity contribution in [3.8, 4) is 34.5 Å². The standard InChI is InChI=1S/C20H12N2O4/c21-10-15-18(17-6-3-8-25-17)19(14-7-9-24-12-14)26-20(15)22-11-13-4-1-2-5-16(13)23/h1-9,11-12,23H. The maximum atomic E-state index is 9.86. The second kappa shape index (κ2) is 6.49. The molecule has 0 amide bonds. The summed E-state index contributed by atoms with van der Waals surface area (Å²) in [5.74, 6) is 1.13. The van der Waals surface area contributed by atoms with E-state index in [1.54, 1.807) is 42.5 Å². The minimum absolute atomic E-state index is 0.0858. The zero-order valence-corrected chi connectivity index (χ0v) is 13.4. The van der Waals surface area contributed by atoms with Crippen LogP contribution in [0.5, 0.6) is 5.75 Å². The highest BCUT2D eigenvalue weighted by molar-refractivity contribution is 5.89. The van der Waals surface area contributed by atoms with Gasteiger partial charge in [-0.3, -0.25) is 0 Å². The predicted molar refractivity (Wildman–Crippen MR) is 94.2 cm³/mol. The lowest BCUT2D eigenvalue weighted by Gasteiger charge is -1.96. The number of furan rings is 3. The second-order valence-electron chi connectivity index (χ2n) is 5.40. The number of rotatable bonds is 4. The Kier molecular flexibility index (Phi) is 3.88. The van der Waals surface area contributed by atoms with Crippen molar-refractivity contribution in [1.82, 2.24) is 0 Å². The molecular weight excluding hydrogens is 332 g/mol. The molecule has 3 heterocycles. The van der Waals surface area contributed by atoms with Crippen LogP contribution in [0.4, 0.5) is 5.88 Å². The molecule has 0 bridgehead atoms. The highest BCUT2D eigenvalue weighted by Gasteiger charge is 2.25. The van der Waals surface area contributed by atoms with Gasteiger partial charge in [0, 0.05) is 11.8 Å². The molecule has 0 radical (unpaired) electrons. The number of hydrogen-bond acceptors (Lipinski definition) is 6. The molecule has 6 nitrogen and oxygen atoms in total.